The molecule has 1 rings (SSSR count). The van der Waals surface area contributed by atoms with Gasteiger partial charge < -0.3 is 9.84 Å². The zero-order valence-corrected chi connectivity index (χ0v) is 8.72. The van der Waals surface area contributed by atoms with Crippen LogP contribution in [0.5, 0.6) is 0 Å². The van der Waals surface area contributed by atoms with Crippen LogP contribution in [0.3, 0.4) is 0 Å². The van der Waals surface area contributed by atoms with Crippen LogP contribution < -0.4 is 0 Å². The van der Waals surface area contributed by atoms with Crippen LogP contribution in [-0.2, 0) is 16.0 Å². The molecular formula is C11H15NO3. The van der Waals surface area contributed by atoms with Gasteiger partial charge in [0.25, 0.3) is 0 Å². The van der Waals surface area contributed by atoms with Crippen LogP contribution in [-0.4, -0.2) is 28.8 Å². The molecule has 0 aliphatic rings. The maximum absolute atomic E-state index is 10.6. The standard InChI is InChI=1S/C11H15NO3/c1-2-10(11(13)14)15-8-6-9-5-3-4-7-12-9/h3-5,7,10H,2,6,8H2,1H3,(H,13,14). The number of carbonyl (C=O) groups is 1. The summed E-state index contributed by atoms with van der Waals surface area (Å²) in [6.07, 6.45) is 2.14. The van der Waals surface area contributed by atoms with Crippen LogP contribution in [0.1, 0.15) is 19.0 Å². The fourth-order valence-electron chi connectivity index (χ4n) is 1.22. The highest BCUT2D eigenvalue weighted by Gasteiger charge is 2.14. The van der Waals surface area contributed by atoms with Crippen molar-refractivity contribution >= 4 is 5.97 Å². The van der Waals surface area contributed by atoms with Gasteiger partial charge in [0.1, 0.15) is 0 Å². The van der Waals surface area contributed by atoms with Crippen LogP contribution in [0.4, 0.5) is 0 Å². The van der Waals surface area contributed by atoms with E-state index in [2.05, 4.69) is 4.98 Å². The molecule has 82 valence electrons. The lowest BCUT2D eigenvalue weighted by Gasteiger charge is -2.10. The molecular weight excluding hydrogens is 194 g/mol. The summed E-state index contributed by atoms with van der Waals surface area (Å²) in [5, 5.41) is 8.73. The zero-order chi connectivity index (χ0) is 11.1. The molecule has 1 heterocycles. The molecule has 0 spiro atoms. The number of aliphatic carboxylic acids is 1. The van der Waals surface area contributed by atoms with Gasteiger partial charge in [-0.15, -0.1) is 0 Å². The molecule has 1 atom stereocenters. The molecule has 0 fully saturated rings. The molecule has 0 bridgehead atoms. The monoisotopic (exact) mass is 209 g/mol. The van der Waals surface area contributed by atoms with E-state index in [9.17, 15) is 4.79 Å². The molecule has 0 saturated carbocycles. The SMILES string of the molecule is CCC(OCCc1ccccn1)C(=O)O. The van der Waals surface area contributed by atoms with Gasteiger partial charge in [0.2, 0.25) is 0 Å². The van der Waals surface area contributed by atoms with Gasteiger partial charge in [0, 0.05) is 18.3 Å². The molecule has 4 heteroatoms. The lowest BCUT2D eigenvalue weighted by molar-refractivity contribution is -0.150. The van der Waals surface area contributed by atoms with E-state index in [-0.39, 0.29) is 0 Å². The summed E-state index contributed by atoms with van der Waals surface area (Å²) < 4.78 is 5.22. The summed E-state index contributed by atoms with van der Waals surface area (Å²) in [6, 6.07) is 5.64. The summed E-state index contributed by atoms with van der Waals surface area (Å²) in [5.41, 5.74) is 0.915. The maximum atomic E-state index is 10.6. The minimum atomic E-state index is -0.904. The number of pyridine rings is 1. The fraction of sp³-hybridized carbons (Fsp3) is 0.455. The molecule has 0 radical (unpaired) electrons. The molecule has 0 aromatic carbocycles. The van der Waals surface area contributed by atoms with Crippen molar-refractivity contribution in [3.63, 3.8) is 0 Å². The number of hydrogen-bond acceptors (Lipinski definition) is 3. The highest BCUT2D eigenvalue weighted by Crippen LogP contribution is 2.01. The number of rotatable bonds is 6. The van der Waals surface area contributed by atoms with Gasteiger partial charge in [0.05, 0.1) is 6.61 Å². The molecule has 1 aromatic rings. The summed E-state index contributed by atoms with van der Waals surface area (Å²) >= 11 is 0. The van der Waals surface area contributed by atoms with E-state index >= 15 is 0 Å². The third-order valence-electron chi connectivity index (χ3n) is 2.05. The second-order valence-electron chi connectivity index (χ2n) is 3.18. The topological polar surface area (TPSA) is 59.4 Å². The van der Waals surface area contributed by atoms with E-state index in [0.29, 0.717) is 19.4 Å². The van der Waals surface area contributed by atoms with Crippen molar-refractivity contribution < 1.29 is 14.6 Å². The number of carboxylic acids is 1. The van der Waals surface area contributed by atoms with E-state index < -0.39 is 12.1 Å². The Morgan fingerprint density at radius 3 is 2.93 bits per heavy atom. The summed E-state index contributed by atoms with van der Waals surface area (Å²) in [5.74, 6) is -0.904. The van der Waals surface area contributed by atoms with Gasteiger partial charge in [-0.25, -0.2) is 4.79 Å². The summed E-state index contributed by atoms with van der Waals surface area (Å²) in [7, 11) is 0. The molecule has 1 aromatic heterocycles. The van der Waals surface area contributed by atoms with Crippen LogP contribution in [0.15, 0.2) is 24.4 Å². The van der Waals surface area contributed by atoms with Crippen molar-refractivity contribution in [1.82, 2.24) is 4.98 Å². The Balaban J connectivity index is 2.30. The zero-order valence-electron chi connectivity index (χ0n) is 8.72. The van der Waals surface area contributed by atoms with Gasteiger partial charge in [-0.1, -0.05) is 13.0 Å². The minimum absolute atomic E-state index is 0.391. The highest BCUT2D eigenvalue weighted by molar-refractivity contribution is 5.72. The maximum Gasteiger partial charge on any atom is 0.332 e. The first-order valence-corrected chi connectivity index (χ1v) is 4.98. The first kappa shape index (κ1) is 11.7. The first-order valence-electron chi connectivity index (χ1n) is 4.98. The Labute approximate surface area is 88.9 Å². The second-order valence-corrected chi connectivity index (χ2v) is 3.18. The third-order valence-corrected chi connectivity index (χ3v) is 2.05. The van der Waals surface area contributed by atoms with Gasteiger partial charge in [-0.05, 0) is 18.6 Å². The largest absolute Gasteiger partial charge is 0.479 e. The van der Waals surface area contributed by atoms with Gasteiger partial charge in [-0.3, -0.25) is 4.98 Å². The smallest absolute Gasteiger partial charge is 0.332 e. The molecule has 1 N–H and O–H groups in total. The summed E-state index contributed by atoms with van der Waals surface area (Å²) in [6.45, 7) is 2.18. The van der Waals surface area contributed by atoms with Crippen molar-refractivity contribution in [2.75, 3.05) is 6.61 Å². The number of ether oxygens (including phenoxy) is 1. The van der Waals surface area contributed by atoms with E-state index in [1.807, 2.05) is 18.2 Å². The van der Waals surface area contributed by atoms with E-state index in [4.69, 9.17) is 9.84 Å². The third kappa shape index (κ3) is 4.08. The van der Waals surface area contributed by atoms with E-state index in [1.54, 1.807) is 13.1 Å². The molecule has 0 aliphatic carbocycles. The molecule has 0 amide bonds. The number of nitrogens with zero attached hydrogens (tertiary/aromatic N) is 1. The predicted molar refractivity (Wildman–Crippen MR) is 55.6 cm³/mol. The normalized spacial score (nSPS) is 12.3. The van der Waals surface area contributed by atoms with Gasteiger partial charge >= 0.3 is 5.97 Å². The molecule has 4 nitrogen and oxygen atoms in total. The average Bonchev–Trinajstić information content (AvgIpc) is 2.25. The first-order chi connectivity index (χ1) is 7.24. The van der Waals surface area contributed by atoms with E-state index in [1.165, 1.54) is 0 Å². The number of aromatic nitrogens is 1. The lowest BCUT2D eigenvalue weighted by Crippen LogP contribution is -2.23. The lowest BCUT2D eigenvalue weighted by atomic mass is 10.2. The van der Waals surface area contributed by atoms with Crippen LogP contribution >= 0.6 is 0 Å². The minimum Gasteiger partial charge on any atom is -0.479 e. The van der Waals surface area contributed by atoms with Crippen molar-refractivity contribution in [1.29, 1.82) is 0 Å². The predicted octanol–water partition coefficient (Wildman–Crippen LogP) is 1.50. The Kier molecular flexibility index (Phi) is 4.77. The van der Waals surface area contributed by atoms with Gasteiger partial charge in [-0.2, -0.15) is 0 Å². The fourth-order valence-corrected chi connectivity index (χ4v) is 1.22. The van der Waals surface area contributed by atoms with Crippen LogP contribution in [0.25, 0.3) is 0 Å². The van der Waals surface area contributed by atoms with Crippen molar-refractivity contribution in [3.05, 3.63) is 30.1 Å². The Hall–Kier alpha value is -1.42. The Morgan fingerprint density at radius 2 is 2.40 bits per heavy atom. The van der Waals surface area contributed by atoms with Crippen molar-refractivity contribution in [2.24, 2.45) is 0 Å². The van der Waals surface area contributed by atoms with Gasteiger partial charge in [0.15, 0.2) is 6.10 Å². The molecule has 0 saturated heterocycles. The average molecular weight is 209 g/mol. The Morgan fingerprint density at radius 1 is 1.60 bits per heavy atom. The number of carboxylic acid groups (broad SMARTS) is 1. The van der Waals surface area contributed by atoms with E-state index in [0.717, 1.165) is 5.69 Å². The number of hydrogen-bond donors (Lipinski definition) is 1. The summed E-state index contributed by atoms with van der Waals surface area (Å²) in [4.78, 5) is 14.8. The van der Waals surface area contributed by atoms with Crippen molar-refractivity contribution in [3.8, 4) is 0 Å². The highest BCUT2D eigenvalue weighted by atomic mass is 16.5. The Bertz CT molecular complexity index is 300. The van der Waals surface area contributed by atoms with Crippen LogP contribution in [0.2, 0.25) is 0 Å². The van der Waals surface area contributed by atoms with Crippen LogP contribution in [0, 0.1) is 0 Å². The molecule has 15 heavy (non-hydrogen) atoms. The quantitative estimate of drug-likeness (QED) is 0.771. The second kappa shape index (κ2) is 6.14. The van der Waals surface area contributed by atoms with Crippen molar-refractivity contribution in [2.45, 2.75) is 25.9 Å². The molecule has 1 unspecified atom stereocenters. The molecule has 0 aliphatic heterocycles.